The Balaban J connectivity index is 1.85. The Kier molecular flexibility index (Phi) is 6.36. The van der Waals surface area contributed by atoms with Gasteiger partial charge in [0.05, 0.1) is 29.9 Å². The monoisotopic (exact) mass is 472 g/mol. The Hall–Kier alpha value is -3.55. The van der Waals surface area contributed by atoms with Crippen molar-refractivity contribution >= 4 is 27.8 Å². The number of hydrogen-bond acceptors (Lipinski definition) is 6. The third kappa shape index (κ3) is 4.11. The summed E-state index contributed by atoms with van der Waals surface area (Å²) in [6.07, 6.45) is 3.12. The molecule has 0 saturated heterocycles. The van der Waals surface area contributed by atoms with Crippen LogP contribution < -0.4 is 4.74 Å². The van der Waals surface area contributed by atoms with Crippen LogP contribution in [0.1, 0.15) is 48.3 Å². The number of ether oxygens (including phenoxy) is 2. The Morgan fingerprint density at radius 3 is 2.86 bits per heavy atom. The van der Waals surface area contributed by atoms with Crippen LogP contribution in [0.2, 0.25) is 0 Å². The van der Waals surface area contributed by atoms with E-state index in [1.165, 1.54) is 0 Å². The highest BCUT2D eigenvalue weighted by atomic mass is 16.5. The zero-order valence-corrected chi connectivity index (χ0v) is 19.9. The molecule has 1 unspecified atom stereocenters. The molecule has 1 aliphatic heterocycles. The van der Waals surface area contributed by atoms with Gasteiger partial charge >= 0.3 is 5.97 Å². The van der Waals surface area contributed by atoms with E-state index in [4.69, 9.17) is 14.5 Å². The predicted octanol–water partition coefficient (Wildman–Crippen LogP) is 5.13. The summed E-state index contributed by atoms with van der Waals surface area (Å²) in [5.41, 5.74) is 6.05. The fourth-order valence-electron chi connectivity index (χ4n) is 4.91. The molecule has 0 amide bonds. The summed E-state index contributed by atoms with van der Waals surface area (Å²) < 4.78 is 11.9. The van der Waals surface area contributed by atoms with Crippen molar-refractivity contribution in [1.29, 1.82) is 0 Å². The maximum absolute atomic E-state index is 12.5. The number of carboxylic acids is 1. The maximum Gasteiger partial charge on any atom is 0.337 e. The molecule has 4 aromatic rings. The van der Waals surface area contributed by atoms with Crippen molar-refractivity contribution in [2.45, 2.75) is 45.8 Å². The topological polar surface area (TPSA) is 102 Å². The van der Waals surface area contributed by atoms with Gasteiger partial charge in [-0.2, -0.15) is 0 Å². The molecule has 0 radical (unpaired) electrons. The highest BCUT2D eigenvalue weighted by Gasteiger charge is 2.29. The van der Waals surface area contributed by atoms with Gasteiger partial charge in [-0.25, -0.2) is 4.79 Å². The molecule has 5 rings (SSSR count). The van der Waals surface area contributed by atoms with Gasteiger partial charge in [-0.05, 0) is 60.4 Å². The van der Waals surface area contributed by atoms with Gasteiger partial charge in [-0.15, -0.1) is 0 Å². The van der Waals surface area contributed by atoms with E-state index in [0.717, 1.165) is 63.6 Å². The number of unbranched alkanes of at least 4 members (excludes halogenated alkanes) is 1. The lowest BCUT2D eigenvalue weighted by Gasteiger charge is -2.24. The number of aromatic nitrogens is 2. The van der Waals surface area contributed by atoms with Crippen LogP contribution in [0.4, 0.5) is 0 Å². The summed E-state index contributed by atoms with van der Waals surface area (Å²) >= 11 is 0. The Bertz CT molecular complexity index is 1420. The van der Waals surface area contributed by atoms with Gasteiger partial charge in [-0.3, -0.25) is 9.97 Å². The lowest BCUT2D eigenvalue weighted by atomic mass is 9.86. The van der Waals surface area contributed by atoms with E-state index >= 15 is 0 Å². The SMILES string of the molecule is CCCCOC(C(=O)O)c1c(C)cc2nc(CO)ccc2c1-c1ccc2c3c(ccnc13)CCO2. The Labute approximate surface area is 203 Å². The van der Waals surface area contributed by atoms with Crippen LogP contribution in [0.25, 0.3) is 32.9 Å². The van der Waals surface area contributed by atoms with Gasteiger partial charge in [0.2, 0.25) is 0 Å². The number of pyridine rings is 2. The number of aliphatic hydroxyl groups excluding tert-OH is 1. The highest BCUT2D eigenvalue weighted by Crippen LogP contribution is 2.44. The van der Waals surface area contributed by atoms with Gasteiger partial charge in [0.15, 0.2) is 6.10 Å². The molecule has 7 nitrogen and oxygen atoms in total. The van der Waals surface area contributed by atoms with E-state index in [0.29, 0.717) is 30.0 Å². The minimum absolute atomic E-state index is 0.177. The second kappa shape index (κ2) is 9.60. The molecule has 0 spiro atoms. The summed E-state index contributed by atoms with van der Waals surface area (Å²) in [6.45, 7) is 4.71. The number of carboxylic acid groups (broad SMARTS) is 1. The lowest BCUT2D eigenvalue weighted by molar-refractivity contribution is -0.151. The number of hydrogen-bond donors (Lipinski definition) is 2. The van der Waals surface area contributed by atoms with E-state index in [9.17, 15) is 15.0 Å². The summed E-state index contributed by atoms with van der Waals surface area (Å²) in [5, 5.41) is 21.6. The van der Waals surface area contributed by atoms with Crippen molar-refractivity contribution in [3.63, 3.8) is 0 Å². The third-order valence-corrected chi connectivity index (χ3v) is 6.57. The first-order valence-corrected chi connectivity index (χ1v) is 12.0. The number of benzene rings is 2. The highest BCUT2D eigenvalue weighted by molar-refractivity contribution is 6.08. The van der Waals surface area contributed by atoms with Gasteiger partial charge in [0.1, 0.15) is 5.75 Å². The number of fused-ring (bicyclic) bond motifs is 1. The smallest absolute Gasteiger partial charge is 0.337 e. The molecule has 3 heterocycles. The average Bonchev–Trinajstić information content (AvgIpc) is 2.86. The minimum atomic E-state index is -1.14. The Morgan fingerprint density at radius 2 is 2.09 bits per heavy atom. The number of carbonyl (C=O) groups is 1. The maximum atomic E-state index is 12.5. The largest absolute Gasteiger partial charge is 0.493 e. The van der Waals surface area contributed by atoms with Crippen molar-refractivity contribution in [2.75, 3.05) is 13.2 Å². The molecule has 0 bridgehead atoms. The van der Waals surface area contributed by atoms with Crippen molar-refractivity contribution in [3.8, 4) is 16.9 Å². The molecule has 2 aromatic heterocycles. The van der Waals surface area contributed by atoms with E-state index in [1.807, 2.05) is 44.2 Å². The predicted molar refractivity (Wildman–Crippen MR) is 134 cm³/mol. The number of aryl methyl sites for hydroxylation is 1. The number of aliphatic carboxylic acids is 1. The summed E-state index contributed by atoms with van der Waals surface area (Å²) in [4.78, 5) is 21.8. The van der Waals surface area contributed by atoms with Crippen LogP contribution in [0, 0.1) is 6.92 Å². The van der Waals surface area contributed by atoms with Gasteiger partial charge in [0.25, 0.3) is 0 Å². The zero-order chi connectivity index (χ0) is 24.5. The van der Waals surface area contributed by atoms with E-state index in [2.05, 4.69) is 4.98 Å². The van der Waals surface area contributed by atoms with Crippen LogP contribution >= 0.6 is 0 Å². The quantitative estimate of drug-likeness (QED) is 0.343. The number of nitrogens with zero attached hydrogens (tertiary/aromatic N) is 2. The normalized spacial score (nSPS) is 13.7. The summed E-state index contributed by atoms with van der Waals surface area (Å²) in [7, 11) is 0. The van der Waals surface area contributed by atoms with Crippen LogP contribution in [0.3, 0.4) is 0 Å². The zero-order valence-electron chi connectivity index (χ0n) is 19.9. The van der Waals surface area contributed by atoms with Gasteiger partial charge in [0, 0.05) is 41.1 Å². The average molecular weight is 473 g/mol. The van der Waals surface area contributed by atoms with Crippen molar-refractivity contribution in [1.82, 2.24) is 9.97 Å². The third-order valence-electron chi connectivity index (χ3n) is 6.57. The fourth-order valence-corrected chi connectivity index (χ4v) is 4.91. The van der Waals surface area contributed by atoms with Crippen LogP contribution in [0.15, 0.2) is 42.6 Å². The van der Waals surface area contributed by atoms with E-state index < -0.39 is 12.1 Å². The molecular formula is C28H28N2O5. The first-order chi connectivity index (χ1) is 17.0. The first-order valence-electron chi connectivity index (χ1n) is 12.0. The summed E-state index contributed by atoms with van der Waals surface area (Å²) in [6, 6.07) is 11.4. The van der Waals surface area contributed by atoms with E-state index in [-0.39, 0.29) is 6.61 Å². The molecule has 2 aromatic carbocycles. The Morgan fingerprint density at radius 1 is 1.23 bits per heavy atom. The molecule has 2 N–H and O–H groups in total. The number of aliphatic hydroxyl groups is 1. The molecule has 35 heavy (non-hydrogen) atoms. The lowest BCUT2D eigenvalue weighted by Crippen LogP contribution is -2.19. The number of rotatable bonds is 8. The molecule has 7 heteroatoms. The van der Waals surface area contributed by atoms with Crippen molar-refractivity contribution in [3.05, 3.63) is 65.0 Å². The standard InChI is InChI=1S/C28H28N2O5/c1-3-4-12-35-27(28(32)33)23-16(2)14-21-19(6-5-18(15-31)30-21)25(23)20-7-8-22-24-17(10-13-34-22)9-11-29-26(20)24/h5-9,11,14,27,31H,3-4,10,12-13,15H2,1-2H3,(H,32,33). The molecule has 0 fully saturated rings. The minimum Gasteiger partial charge on any atom is -0.493 e. The van der Waals surface area contributed by atoms with Crippen molar-refractivity contribution < 1.29 is 24.5 Å². The van der Waals surface area contributed by atoms with E-state index in [1.54, 1.807) is 12.3 Å². The molecule has 1 atom stereocenters. The van der Waals surface area contributed by atoms with Gasteiger partial charge < -0.3 is 19.7 Å². The van der Waals surface area contributed by atoms with Gasteiger partial charge in [-0.1, -0.05) is 19.4 Å². The van der Waals surface area contributed by atoms with Crippen LogP contribution in [0.5, 0.6) is 5.75 Å². The molecule has 180 valence electrons. The molecule has 1 aliphatic rings. The van der Waals surface area contributed by atoms with Crippen LogP contribution in [-0.2, 0) is 22.6 Å². The molecular weight excluding hydrogens is 444 g/mol. The second-order valence-corrected chi connectivity index (χ2v) is 8.86. The molecule has 0 aliphatic carbocycles. The summed E-state index contributed by atoms with van der Waals surface area (Å²) in [5.74, 6) is -0.255. The first kappa shape index (κ1) is 23.2. The fraction of sp³-hybridized carbons (Fsp3) is 0.321. The second-order valence-electron chi connectivity index (χ2n) is 8.86. The van der Waals surface area contributed by atoms with Crippen LogP contribution in [-0.4, -0.2) is 39.4 Å². The van der Waals surface area contributed by atoms with Crippen molar-refractivity contribution in [2.24, 2.45) is 0 Å². The molecule has 0 saturated carbocycles.